The van der Waals surface area contributed by atoms with Crippen LogP contribution < -0.4 is 10.6 Å². The summed E-state index contributed by atoms with van der Waals surface area (Å²) >= 11 is 5.61. The fourth-order valence-corrected chi connectivity index (χ4v) is 2.14. The van der Waals surface area contributed by atoms with Crippen LogP contribution in [0, 0.1) is 5.82 Å². The molecule has 0 aromatic heterocycles. The number of rotatable bonds is 6. The minimum Gasteiger partial charge on any atom is -0.454 e. The summed E-state index contributed by atoms with van der Waals surface area (Å²) in [4.78, 5) is 35.6. The molecule has 0 aliphatic carbocycles. The van der Waals surface area contributed by atoms with Gasteiger partial charge in [0.1, 0.15) is 11.9 Å². The van der Waals surface area contributed by atoms with Crippen LogP contribution in [0.5, 0.6) is 0 Å². The van der Waals surface area contributed by atoms with Crippen molar-refractivity contribution in [2.75, 3.05) is 11.9 Å². The lowest BCUT2D eigenvalue weighted by atomic mass is 10.2. The fourth-order valence-electron chi connectivity index (χ4n) is 1.96. The van der Waals surface area contributed by atoms with Gasteiger partial charge in [-0.3, -0.25) is 9.59 Å². The molecule has 6 nitrogen and oxygen atoms in total. The van der Waals surface area contributed by atoms with E-state index in [1.54, 1.807) is 30.3 Å². The molecule has 0 aliphatic rings. The Morgan fingerprint density at radius 3 is 2.50 bits per heavy atom. The molecule has 0 saturated carbocycles. The zero-order chi connectivity index (χ0) is 19.1. The van der Waals surface area contributed by atoms with Gasteiger partial charge in [0, 0.05) is 11.3 Å². The SMILES string of the molecule is C[C@H](NC(=O)c1ccccc1)C(=O)OCC(=O)Nc1ccc(F)c(Cl)c1. The summed E-state index contributed by atoms with van der Waals surface area (Å²) in [7, 11) is 0. The van der Waals surface area contributed by atoms with E-state index in [0.29, 0.717) is 5.56 Å². The highest BCUT2D eigenvalue weighted by molar-refractivity contribution is 6.31. The number of hydrogen-bond acceptors (Lipinski definition) is 4. The van der Waals surface area contributed by atoms with Crippen LogP contribution in [0.15, 0.2) is 48.5 Å². The molecule has 2 amide bonds. The molecule has 0 fully saturated rings. The molecule has 0 spiro atoms. The predicted molar refractivity (Wildman–Crippen MR) is 94.4 cm³/mol. The van der Waals surface area contributed by atoms with Crippen molar-refractivity contribution in [3.05, 3.63) is 64.9 Å². The maximum Gasteiger partial charge on any atom is 0.328 e. The highest BCUT2D eigenvalue weighted by Gasteiger charge is 2.19. The smallest absolute Gasteiger partial charge is 0.328 e. The third kappa shape index (κ3) is 5.56. The van der Waals surface area contributed by atoms with Crippen LogP contribution in [0.1, 0.15) is 17.3 Å². The van der Waals surface area contributed by atoms with Gasteiger partial charge >= 0.3 is 5.97 Å². The Hall–Kier alpha value is -2.93. The van der Waals surface area contributed by atoms with Crippen LogP contribution in [-0.4, -0.2) is 30.4 Å². The van der Waals surface area contributed by atoms with Crippen molar-refractivity contribution in [3.8, 4) is 0 Å². The predicted octanol–water partition coefficient (Wildman–Crippen LogP) is 2.78. The van der Waals surface area contributed by atoms with Gasteiger partial charge in [-0.1, -0.05) is 29.8 Å². The maximum absolute atomic E-state index is 13.1. The molecule has 0 heterocycles. The van der Waals surface area contributed by atoms with Crippen molar-refractivity contribution in [2.45, 2.75) is 13.0 Å². The molecule has 0 unspecified atom stereocenters. The Labute approximate surface area is 154 Å². The summed E-state index contributed by atoms with van der Waals surface area (Å²) in [5.41, 5.74) is 0.668. The Morgan fingerprint density at radius 1 is 1.15 bits per heavy atom. The van der Waals surface area contributed by atoms with Crippen molar-refractivity contribution in [1.29, 1.82) is 0 Å². The monoisotopic (exact) mass is 378 g/mol. The Bertz CT molecular complexity index is 814. The highest BCUT2D eigenvalue weighted by Crippen LogP contribution is 2.19. The van der Waals surface area contributed by atoms with Gasteiger partial charge in [0.2, 0.25) is 0 Å². The first-order valence-corrected chi connectivity index (χ1v) is 8.02. The lowest BCUT2D eigenvalue weighted by Gasteiger charge is -2.13. The molecule has 0 aliphatic heterocycles. The summed E-state index contributed by atoms with van der Waals surface area (Å²) in [6, 6.07) is 11.1. The first kappa shape index (κ1) is 19.4. The summed E-state index contributed by atoms with van der Waals surface area (Å²) in [6.07, 6.45) is 0. The minimum absolute atomic E-state index is 0.142. The number of carbonyl (C=O) groups excluding carboxylic acids is 3. The van der Waals surface area contributed by atoms with Gasteiger partial charge in [-0.05, 0) is 37.3 Å². The summed E-state index contributed by atoms with van der Waals surface area (Å²) < 4.78 is 17.9. The number of amides is 2. The molecular formula is C18H16ClFN2O4. The van der Waals surface area contributed by atoms with Gasteiger partial charge in [0.05, 0.1) is 5.02 Å². The zero-order valence-electron chi connectivity index (χ0n) is 13.8. The lowest BCUT2D eigenvalue weighted by Crippen LogP contribution is -2.40. The lowest BCUT2D eigenvalue weighted by molar-refractivity contribution is -0.148. The fraction of sp³-hybridized carbons (Fsp3) is 0.167. The quantitative estimate of drug-likeness (QED) is 0.757. The van der Waals surface area contributed by atoms with Gasteiger partial charge < -0.3 is 15.4 Å². The van der Waals surface area contributed by atoms with E-state index in [9.17, 15) is 18.8 Å². The molecule has 26 heavy (non-hydrogen) atoms. The molecule has 0 saturated heterocycles. The van der Waals surface area contributed by atoms with Crippen molar-refractivity contribution in [2.24, 2.45) is 0 Å². The van der Waals surface area contributed by atoms with E-state index in [-0.39, 0.29) is 10.7 Å². The van der Waals surface area contributed by atoms with Gasteiger partial charge in [-0.2, -0.15) is 0 Å². The molecular weight excluding hydrogens is 363 g/mol. The zero-order valence-corrected chi connectivity index (χ0v) is 14.5. The Kier molecular flexibility index (Phi) is 6.68. The second-order valence-electron chi connectivity index (χ2n) is 5.35. The number of ether oxygens (including phenoxy) is 1. The number of anilines is 1. The summed E-state index contributed by atoms with van der Waals surface area (Å²) in [5, 5.41) is 4.75. The second-order valence-corrected chi connectivity index (χ2v) is 5.75. The van der Waals surface area contributed by atoms with Gasteiger partial charge in [0.25, 0.3) is 11.8 Å². The average molecular weight is 379 g/mol. The van der Waals surface area contributed by atoms with Crippen molar-refractivity contribution in [3.63, 3.8) is 0 Å². The first-order chi connectivity index (χ1) is 12.4. The Balaban J connectivity index is 1.80. The van der Waals surface area contributed by atoms with Crippen LogP contribution >= 0.6 is 11.6 Å². The standard InChI is InChI=1S/C18H16ClFN2O4/c1-11(21-17(24)12-5-3-2-4-6-12)18(25)26-10-16(23)22-13-7-8-15(20)14(19)9-13/h2-9,11H,10H2,1H3,(H,21,24)(H,22,23)/t11-/m0/s1. The molecule has 2 aromatic rings. The van der Waals surface area contributed by atoms with E-state index in [1.807, 2.05) is 0 Å². The molecule has 1 atom stereocenters. The number of halogens is 2. The molecule has 2 N–H and O–H groups in total. The van der Waals surface area contributed by atoms with Crippen LogP contribution in [0.25, 0.3) is 0 Å². The van der Waals surface area contributed by atoms with E-state index in [4.69, 9.17) is 16.3 Å². The van der Waals surface area contributed by atoms with Gasteiger partial charge in [-0.25, -0.2) is 9.18 Å². The Morgan fingerprint density at radius 2 is 1.85 bits per heavy atom. The number of esters is 1. The van der Waals surface area contributed by atoms with Crippen LogP contribution in [-0.2, 0) is 14.3 Å². The van der Waals surface area contributed by atoms with Gasteiger partial charge in [0.15, 0.2) is 6.61 Å². The number of hydrogen-bond donors (Lipinski definition) is 2. The normalized spacial score (nSPS) is 11.3. The van der Waals surface area contributed by atoms with Crippen molar-refractivity contribution < 1.29 is 23.5 Å². The van der Waals surface area contributed by atoms with E-state index < -0.39 is 36.2 Å². The van der Waals surface area contributed by atoms with E-state index >= 15 is 0 Å². The molecule has 2 rings (SSSR count). The third-order valence-electron chi connectivity index (χ3n) is 3.29. The molecule has 2 aromatic carbocycles. The number of carbonyl (C=O) groups is 3. The van der Waals surface area contributed by atoms with E-state index in [0.717, 1.165) is 6.07 Å². The molecule has 8 heteroatoms. The highest BCUT2D eigenvalue weighted by atomic mass is 35.5. The molecule has 0 bridgehead atoms. The number of nitrogens with one attached hydrogen (secondary N) is 2. The van der Waals surface area contributed by atoms with E-state index in [2.05, 4.69) is 10.6 Å². The maximum atomic E-state index is 13.1. The minimum atomic E-state index is -0.934. The first-order valence-electron chi connectivity index (χ1n) is 7.64. The topological polar surface area (TPSA) is 84.5 Å². The molecule has 0 radical (unpaired) electrons. The average Bonchev–Trinajstić information content (AvgIpc) is 2.63. The molecule has 136 valence electrons. The van der Waals surface area contributed by atoms with E-state index in [1.165, 1.54) is 19.1 Å². The van der Waals surface area contributed by atoms with Crippen LogP contribution in [0.2, 0.25) is 5.02 Å². The van der Waals surface area contributed by atoms with Crippen LogP contribution in [0.3, 0.4) is 0 Å². The van der Waals surface area contributed by atoms with Crippen molar-refractivity contribution in [1.82, 2.24) is 5.32 Å². The second kappa shape index (κ2) is 8.96. The van der Waals surface area contributed by atoms with Crippen LogP contribution in [0.4, 0.5) is 10.1 Å². The van der Waals surface area contributed by atoms with Crippen molar-refractivity contribution >= 4 is 35.1 Å². The summed E-state index contributed by atoms with van der Waals surface area (Å²) in [5.74, 6) is -2.43. The largest absolute Gasteiger partial charge is 0.454 e. The van der Waals surface area contributed by atoms with Gasteiger partial charge in [-0.15, -0.1) is 0 Å². The number of benzene rings is 2. The summed E-state index contributed by atoms with van der Waals surface area (Å²) in [6.45, 7) is 0.889. The third-order valence-corrected chi connectivity index (χ3v) is 3.58.